The van der Waals surface area contributed by atoms with Gasteiger partial charge in [0.15, 0.2) is 0 Å². The van der Waals surface area contributed by atoms with Crippen molar-refractivity contribution in [2.75, 3.05) is 18.0 Å². The van der Waals surface area contributed by atoms with Crippen molar-refractivity contribution >= 4 is 17.4 Å². The number of nitrogens with one attached hydrogen (secondary N) is 1. The molecule has 1 heterocycles. The number of anilines is 1. The highest BCUT2D eigenvalue weighted by atomic mass is 35.5. The van der Waals surface area contributed by atoms with Crippen molar-refractivity contribution in [3.8, 4) is 0 Å². The maximum Gasteiger partial charge on any atom is 0.129 e. The molecule has 1 aliphatic rings. The van der Waals surface area contributed by atoms with Crippen molar-refractivity contribution in [3.05, 3.63) is 22.8 Å². The summed E-state index contributed by atoms with van der Waals surface area (Å²) in [5.74, 6) is 1.82. The molecule has 0 aromatic carbocycles. The third-order valence-electron chi connectivity index (χ3n) is 3.71. The number of pyridine rings is 1. The van der Waals surface area contributed by atoms with Crippen LogP contribution in [0.15, 0.2) is 12.3 Å². The molecule has 0 radical (unpaired) electrons. The standard InChI is InChI=1S/C16H26ClN3/c1-4-18-10-13-9-16(19-11-15(13)17)20(14-5-6-14)8-7-12(2)3/h9,11-12,14,18H,4-8,10H2,1-3H3. The van der Waals surface area contributed by atoms with Gasteiger partial charge in [-0.15, -0.1) is 0 Å². The number of hydrogen-bond donors (Lipinski definition) is 1. The molecule has 0 bridgehead atoms. The molecule has 0 amide bonds. The van der Waals surface area contributed by atoms with E-state index in [-0.39, 0.29) is 0 Å². The lowest BCUT2D eigenvalue weighted by molar-refractivity contribution is 0.568. The maximum atomic E-state index is 6.24. The topological polar surface area (TPSA) is 28.2 Å². The predicted molar refractivity (Wildman–Crippen MR) is 86.5 cm³/mol. The Morgan fingerprint density at radius 1 is 1.45 bits per heavy atom. The van der Waals surface area contributed by atoms with Crippen LogP contribution >= 0.6 is 11.6 Å². The maximum absolute atomic E-state index is 6.24. The van der Waals surface area contributed by atoms with Gasteiger partial charge < -0.3 is 10.2 Å². The van der Waals surface area contributed by atoms with E-state index in [4.69, 9.17) is 11.6 Å². The number of nitrogens with zero attached hydrogens (tertiary/aromatic N) is 2. The van der Waals surface area contributed by atoms with E-state index in [9.17, 15) is 0 Å². The van der Waals surface area contributed by atoms with Crippen LogP contribution in [0.4, 0.5) is 5.82 Å². The van der Waals surface area contributed by atoms with E-state index in [2.05, 4.69) is 42.0 Å². The van der Waals surface area contributed by atoms with Gasteiger partial charge in [-0.25, -0.2) is 4.98 Å². The number of hydrogen-bond acceptors (Lipinski definition) is 3. The summed E-state index contributed by atoms with van der Waals surface area (Å²) in [6, 6.07) is 2.85. The van der Waals surface area contributed by atoms with Crippen molar-refractivity contribution in [3.63, 3.8) is 0 Å². The van der Waals surface area contributed by atoms with Crippen LogP contribution in [0.2, 0.25) is 5.02 Å². The van der Waals surface area contributed by atoms with Crippen molar-refractivity contribution in [1.82, 2.24) is 10.3 Å². The summed E-state index contributed by atoms with van der Waals surface area (Å²) in [5.41, 5.74) is 1.15. The smallest absolute Gasteiger partial charge is 0.129 e. The van der Waals surface area contributed by atoms with Crippen LogP contribution in [0.5, 0.6) is 0 Å². The van der Waals surface area contributed by atoms with Gasteiger partial charge in [-0.1, -0.05) is 32.4 Å². The van der Waals surface area contributed by atoms with Crippen molar-refractivity contribution < 1.29 is 0 Å². The van der Waals surface area contributed by atoms with E-state index in [0.29, 0.717) is 6.04 Å². The Hall–Kier alpha value is -0.800. The van der Waals surface area contributed by atoms with Crippen molar-refractivity contribution in [2.45, 2.75) is 52.6 Å². The van der Waals surface area contributed by atoms with Gasteiger partial charge in [0.1, 0.15) is 5.82 Å². The average molecular weight is 296 g/mol. The summed E-state index contributed by atoms with van der Waals surface area (Å²) in [4.78, 5) is 7.02. The van der Waals surface area contributed by atoms with Gasteiger partial charge in [0.25, 0.3) is 0 Å². The first kappa shape index (κ1) is 15.6. The largest absolute Gasteiger partial charge is 0.354 e. The summed E-state index contributed by atoms with van der Waals surface area (Å²) >= 11 is 6.24. The molecule has 112 valence electrons. The minimum Gasteiger partial charge on any atom is -0.354 e. The molecule has 2 rings (SSSR count). The molecule has 1 fully saturated rings. The molecule has 1 aromatic rings. The lowest BCUT2D eigenvalue weighted by Gasteiger charge is -2.25. The second kappa shape index (κ2) is 7.28. The lowest BCUT2D eigenvalue weighted by Crippen LogP contribution is -2.28. The molecule has 0 spiro atoms. The molecule has 0 aliphatic heterocycles. The fourth-order valence-electron chi connectivity index (χ4n) is 2.29. The van der Waals surface area contributed by atoms with Gasteiger partial charge in [0.2, 0.25) is 0 Å². The average Bonchev–Trinajstić information content (AvgIpc) is 3.23. The van der Waals surface area contributed by atoms with E-state index in [1.54, 1.807) is 6.20 Å². The molecule has 1 saturated carbocycles. The van der Waals surface area contributed by atoms with E-state index >= 15 is 0 Å². The summed E-state index contributed by atoms with van der Waals surface area (Å²) < 4.78 is 0. The predicted octanol–water partition coefficient (Wildman–Crippen LogP) is 3.86. The highest BCUT2D eigenvalue weighted by Gasteiger charge is 2.30. The molecule has 0 atom stereocenters. The third kappa shape index (κ3) is 4.35. The first-order valence-electron chi connectivity index (χ1n) is 7.73. The Kier molecular flexibility index (Phi) is 5.67. The molecule has 1 N–H and O–H groups in total. The van der Waals surface area contributed by atoms with Gasteiger partial charge in [0, 0.05) is 25.3 Å². The molecule has 1 aromatic heterocycles. The normalized spacial score (nSPS) is 14.8. The zero-order valence-corrected chi connectivity index (χ0v) is 13.6. The summed E-state index contributed by atoms with van der Waals surface area (Å²) in [6.07, 6.45) is 5.60. The van der Waals surface area contributed by atoms with E-state index in [1.165, 1.54) is 19.3 Å². The molecular weight excluding hydrogens is 270 g/mol. The highest BCUT2D eigenvalue weighted by Crippen LogP contribution is 2.32. The Labute approximate surface area is 127 Å². The van der Waals surface area contributed by atoms with Crippen LogP contribution in [0.25, 0.3) is 0 Å². The molecule has 0 unspecified atom stereocenters. The molecule has 1 aliphatic carbocycles. The van der Waals surface area contributed by atoms with Gasteiger partial charge in [-0.05, 0) is 43.4 Å². The van der Waals surface area contributed by atoms with Gasteiger partial charge in [0.05, 0.1) is 5.02 Å². The van der Waals surface area contributed by atoms with Gasteiger partial charge in [-0.3, -0.25) is 0 Å². The van der Waals surface area contributed by atoms with Crippen molar-refractivity contribution in [1.29, 1.82) is 0 Å². The zero-order chi connectivity index (χ0) is 14.5. The SMILES string of the molecule is CCNCc1cc(N(CCC(C)C)C2CC2)ncc1Cl. The Morgan fingerprint density at radius 3 is 2.80 bits per heavy atom. The van der Waals surface area contributed by atoms with Gasteiger partial charge in [-0.2, -0.15) is 0 Å². The summed E-state index contributed by atoms with van der Waals surface area (Å²) in [5, 5.41) is 4.09. The van der Waals surface area contributed by atoms with Crippen LogP contribution in [0.3, 0.4) is 0 Å². The first-order chi connectivity index (χ1) is 9.61. The minimum absolute atomic E-state index is 0.689. The Bertz CT molecular complexity index is 430. The monoisotopic (exact) mass is 295 g/mol. The third-order valence-corrected chi connectivity index (χ3v) is 4.06. The van der Waals surface area contributed by atoms with Crippen LogP contribution < -0.4 is 10.2 Å². The van der Waals surface area contributed by atoms with Gasteiger partial charge >= 0.3 is 0 Å². The molecule has 4 heteroatoms. The molecule has 3 nitrogen and oxygen atoms in total. The fraction of sp³-hybridized carbons (Fsp3) is 0.688. The quantitative estimate of drug-likeness (QED) is 0.789. The van der Waals surface area contributed by atoms with E-state index in [1.807, 2.05) is 0 Å². The second-order valence-corrected chi connectivity index (χ2v) is 6.43. The highest BCUT2D eigenvalue weighted by molar-refractivity contribution is 6.31. The second-order valence-electron chi connectivity index (χ2n) is 6.02. The lowest BCUT2D eigenvalue weighted by atomic mass is 10.1. The van der Waals surface area contributed by atoms with Crippen LogP contribution in [0.1, 0.15) is 45.6 Å². The number of rotatable bonds is 8. The van der Waals surface area contributed by atoms with Crippen LogP contribution in [-0.2, 0) is 6.54 Å². The fourth-order valence-corrected chi connectivity index (χ4v) is 2.46. The van der Waals surface area contributed by atoms with Crippen LogP contribution in [-0.4, -0.2) is 24.1 Å². The van der Waals surface area contributed by atoms with E-state index < -0.39 is 0 Å². The summed E-state index contributed by atoms with van der Waals surface area (Å²) in [6.45, 7) is 9.52. The minimum atomic E-state index is 0.689. The zero-order valence-electron chi connectivity index (χ0n) is 12.8. The molecular formula is C16H26ClN3. The Balaban J connectivity index is 2.11. The Morgan fingerprint density at radius 2 is 2.20 bits per heavy atom. The number of halogens is 1. The molecule has 20 heavy (non-hydrogen) atoms. The van der Waals surface area contributed by atoms with Crippen molar-refractivity contribution in [2.24, 2.45) is 5.92 Å². The molecule has 0 saturated heterocycles. The number of aromatic nitrogens is 1. The summed E-state index contributed by atoms with van der Waals surface area (Å²) in [7, 11) is 0. The first-order valence-corrected chi connectivity index (χ1v) is 8.11. The van der Waals surface area contributed by atoms with Crippen LogP contribution in [0, 0.1) is 5.92 Å². The van der Waals surface area contributed by atoms with E-state index in [0.717, 1.165) is 42.0 Å².